The van der Waals surface area contributed by atoms with Crippen molar-refractivity contribution in [3.8, 4) is 0 Å². The molecule has 3 heterocycles. The fourth-order valence-electron chi connectivity index (χ4n) is 2.97. The van der Waals surface area contributed by atoms with Gasteiger partial charge in [0.25, 0.3) is 5.56 Å². The Morgan fingerprint density at radius 3 is 2.79 bits per heavy atom. The van der Waals surface area contributed by atoms with Gasteiger partial charge in [0.15, 0.2) is 15.9 Å². The first kappa shape index (κ1) is 18.9. The number of aromatic nitrogens is 3. The topological polar surface area (TPSA) is 80.1 Å². The second-order valence-corrected chi connectivity index (χ2v) is 8.34. The number of nitrogens with one attached hydrogen (secondary N) is 1. The van der Waals surface area contributed by atoms with Gasteiger partial charge in [0.1, 0.15) is 10.5 Å². The van der Waals surface area contributed by atoms with E-state index in [-0.39, 0.29) is 22.9 Å². The Morgan fingerprint density at radius 1 is 1.29 bits per heavy atom. The molecule has 10 heteroatoms. The summed E-state index contributed by atoms with van der Waals surface area (Å²) in [6.07, 6.45) is 2.25. The molecule has 0 atom stereocenters. The van der Waals surface area contributed by atoms with E-state index in [4.69, 9.17) is 0 Å². The highest BCUT2D eigenvalue weighted by Gasteiger charge is 2.20. The van der Waals surface area contributed by atoms with Crippen LogP contribution in [0.2, 0.25) is 0 Å². The third-order valence-corrected chi connectivity index (χ3v) is 6.57. The molecule has 0 radical (unpaired) electrons. The molecule has 1 saturated heterocycles. The lowest BCUT2D eigenvalue weighted by molar-refractivity contribution is -0.113. The first-order chi connectivity index (χ1) is 13.5. The van der Waals surface area contributed by atoms with Gasteiger partial charge in [-0.15, -0.1) is 0 Å². The van der Waals surface area contributed by atoms with Crippen LogP contribution in [0.4, 0.5) is 15.2 Å². The number of thiazole rings is 1. The van der Waals surface area contributed by atoms with Crippen LogP contribution in [-0.2, 0) is 11.8 Å². The number of benzene rings is 1. The van der Waals surface area contributed by atoms with Gasteiger partial charge in [-0.25, -0.2) is 9.37 Å². The Kier molecular flexibility index (Phi) is 5.31. The van der Waals surface area contributed by atoms with Crippen LogP contribution in [0.1, 0.15) is 12.8 Å². The standard InChI is InChI=1S/C18H18FN5O2S2/c1-23-16(26)14-15(22-18(28-14)24-8-4-5-9-24)21-17(23)27-10-13(25)20-12-7-3-2-6-11(12)19/h2-3,6-7H,4-5,8-10H2,1H3,(H,20,25). The number of anilines is 2. The molecule has 146 valence electrons. The molecule has 1 N–H and O–H groups in total. The molecule has 3 aromatic rings. The highest BCUT2D eigenvalue weighted by Crippen LogP contribution is 2.29. The number of hydrogen-bond acceptors (Lipinski definition) is 7. The lowest BCUT2D eigenvalue weighted by Gasteiger charge is -2.11. The zero-order valence-electron chi connectivity index (χ0n) is 15.1. The third-order valence-electron chi connectivity index (χ3n) is 4.44. The molecule has 2 aromatic heterocycles. The fraction of sp³-hybridized carbons (Fsp3) is 0.333. The Labute approximate surface area is 168 Å². The van der Waals surface area contributed by atoms with Gasteiger partial charge in [-0.2, -0.15) is 4.98 Å². The number of hydrogen-bond donors (Lipinski definition) is 1. The first-order valence-corrected chi connectivity index (χ1v) is 10.6. The van der Waals surface area contributed by atoms with E-state index in [0.29, 0.717) is 15.5 Å². The normalized spacial score (nSPS) is 14.0. The van der Waals surface area contributed by atoms with Gasteiger partial charge in [-0.1, -0.05) is 35.2 Å². The monoisotopic (exact) mass is 419 g/mol. The lowest BCUT2D eigenvalue weighted by Crippen LogP contribution is -2.21. The predicted octanol–water partition coefficient (Wildman–Crippen LogP) is 2.86. The predicted molar refractivity (Wildman–Crippen MR) is 110 cm³/mol. The summed E-state index contributed by atoms with van der Waals surface area (Å²) in [5, 5.41) is 3.74. The smallest absolute Gasteiger partial charge is 0.273 e. The Hall–Kier alpha value is -2.46. The molecule has 0 bridgehead atoms. The molecule has 1 amide bonds. The molecule has 28 heavy (non-hydrogen) atoms. The lowest BCUT2D eigenvalue weighted by atomic mass is 10.3. The summed E-state index contributed by atoms with van der Waals surface area (Å²) in [6, 6.07) is 5.97. The second-order valence-electron chi connectivity index (χ2n) is 6.42. The van der Waals surface area contributed by atoms with E-state index in [1.807, 2.05) is 0 Å². The third kappa shape index (κ3) is 3.74. The van der Waals surface area contributed by atoms with E-state index < -0.39 is 5.82 Å². The number of amides is 1. The number of para-hydroxylation sites is 1. The summed E-state index contributed by atoms with van der Waals surface area (Å²) < 4.78 is 15.6. The fourth-order valence-corrected chi connectivity index (χ4v) is 4.77. The average molecular weight is 420 g/mol. The van der Waals surface area contributed by atoms with Crippen LogP contribution in [-0.4, -0.2) is 39.3 Å². The largest absolute Gasteiger partial charge is 0.348 e. The quantitative estimate of drug-likeness (QED) is 0.506. The minimum absolute atomic E-state index is 0.00321. The van der Waals surface area contributed by atoms with E-state index in [0.717, 1.165) is 42.8 Å². The number of carbonyl (C=O) groups is 1. The second kappa shape index (κ2) is 7.88. The van der Waals surface area contributed by atoms with Gasteiger partial charge in [0, 0.05) is 20.1 Å². The maximum atomic E-state index is 13.6. The first-order valence-electron chi connectivity index (χ1n) is 8.82. The summed E-state index contributed by atoms with van der Waals surface area (Å²) in [5.74, 6) is -0.867. The van der Waals surface area contributed by atoms with Crippen LogP contribution in [0.3, 0.4) is 0 Å². The van der Waals surface area contributed by atoms with Gasteiger partial charge in [0.05, 0.1) is 11.4 Å². The molecule has 0 spiro atoms. The Bertz CT molecular complexity index is 1090. The van der Waals surface area contributed by atoms with E-state index in [9.17, 15) is 14.0 Å². The van der Waals surface area contributed by atoms with Crippen molar-refractivity contribution in [1.29, 1.82) is 0 Å². The van der Waals surface area contributed by atoms with Gasteiger partial charge in [0.2, 0.25) is 5.91 Å². The Balaban J connectivity index is 1.52. The van der Waals surface area contributed by atoms with Gasteiger partial charge in [-0.3, -0.25) is 14.2 Å². The van der Waals surface area contributed by atoms with Crippen LogP contribution in [0, 0.1) is 5.82 Å². The summed E-state index contributed by atoms with van der Waals surface area (Å²) in [4.78, 5) is 36.0. The van der Waals surface area contributed by atoms with Crippen LogP contribution in [0.15, 0.2) is 34.2 Å². The van der Waals surface area contributed by atoms with Crippen molar-refractivity contribution >= 4 is 50.2 Å². The molecule has 7 nitrogen and oxygen atoms in total. The summed E-state index contributed by atoms with van der Waals surface area (Å²) in [5.41, 5.74) is 0.358. The zero-order chi connectivity index (χ0) is 19.7. The number of halogens is 1. The number of rotatable bonds is 5. The summed E-state index contributed by atoms with van der Waals surface area (Å²) >= 11 is 2.48. The van der Waals surface area contributed by atoms with E-state index >= 15 is 0 Å². The minimum atomic E-state index is -0.496. The molecule has 1 aliphatic heterocycles. The maximum absolute atomic E-state index is 13.6. The molecule has 0 aliphatic carbocycles. The van der Waals surface area contributed by atoms with Gasteiger partial charge >= 0.3 is 0 Å². The van der Waals surface area contributed by atoms with Crippen molar-refractivity contribution in [2.45, 2.75) is 18.0 Å². The molecule has 1 aliphatic rings. The van der Waals surface area contributed by atoms with Crippen molar-refractivity contribution < 1.29 is 9.18 Å². The summed E-state index contributed by atoms with van der Waals surface area (Å²) in [7, 11) is 1.63. The number of nitrogens with zero attached hydrogens (tertiary/aromatic N) is 4. The van der Waals surface area contributed by atoms with E-state index in [1.54, 1.807) is 19.2 Å². The molecule has 4 rings (SSSR count). The molecule has 0 unspecified atom stereocenters. The van der Waals surface area contributed by atoms with Crippen molar-refractivity contribution in [2.75, 3.05) is 29.1 Å². The zero-order valence-corrected chi connectivity index (χ0v) is 16.8. The van der Waals surface area contributed by atoms with Crippen molar-refractivity contribution in [1.82, 2.24) is 14.5 Å². The Morgan fingerprint density at radius 2 is 2.04 bits per heavy atom. The SMILES string of the molecule is Cn1c(SCC(=O)Nc2ccccc2F)nc2nc(N3CCCC3)sc2c1=O. The summed E-state index contributed by atoms with van der Waals surface area (Å²) in [6.45, 7) is 1.88. The van der Waals surface area contributed by atoms with Crippen LogP contribution >= 0.6 is 23.1 Å². The van der Waals surface area contributed by atoms with E-state index in [2.05, 4.69) is 20.2 Å². The van der Waals surface area contributed by atoms with Crippen LogP contribution in [0.25, 0.3) is 10.3 Å². The molecule has 1 aromatic carbocycles. The van der Waals surface area contributed by atoms with Gasteiger partial charge in [-0.05, 0) is 25.0 Å². The van der Waals surface area contributed by atoms with Crippen molar-refractivity contribution in [3.63, 3.8) is 0 Å². The minimum Gasteiger partial charge on any atom is -0.348 e. The van der Waals surface area contributed by atoms with Crippen molar-refractivity contribution in [3.05, 3.63) is 40.4 Å². The van der Waals surface area contributed by atoms with Gasteiger partial charge < -0.3 is 10.2 Å². The molecule has 0 saturated carbocycles. The molecular weight excluding hydrogens is 401 g/mol. The molecule has 1 fully saturated rings. The number of carbonyl (C=O) groups excluding carboxylic acids is 1. The number of thioether (sulfide) groups is 1. The average Bonchev–Trinajstić information content (AvgIpc) is 3.35. The van der Waals surface area contributed by atoms with Crippen LogP contribution in [0.5, 0.6) is 0 Å². The maximum Gasteiger partial charge on any atom is 0.273 e. The highest BCUT2D eigenvalue weighted by molar-refractivity contribution is 7.99. The highest BCUT2D eigenvalue weighted by atomic mass is 32.2. The molecular formula is C18H18FN5O2S2. The van der Waals surface area contributed by atoms with E-state index in [1.165, 1.54) is 28.0 Å². The number of fused-ring (bicyclic) bond motifs is 1. The van der Waals surface area contributed by atoms with Crippen molar-refractivity contribution in [2.24, 2.45) is 7.05 Å². The van der Waals surface area contributed by atoms with Crippen LogP contribution < -0.4 is 15.8 Å².